The third kappa shape index (κ3) is 3.44. The van der Waals surface area contributed by atoms with Gasteiger partial charge in [-0.05, 0) is 25.0 Å². The Morgan fingerprint density at radius 3 is 2.67 bits per heavy atom. The van der Waals surface area contributed by atoms with Crippen molar-refractivity contribution in [3.63, 3.8) is 0 Å². The molecule has 0 aliphatic carbocycles. The molecule has 0 amide bonds. The monoisotopic (exact) mass is 308 g/mol. The van der Waals surface area contributed by atoms with Gasteiger partial charge in [0.05, 0.1) is 0 Å². The van der Waals surface area contributed by atoms with Gasteiger partial charge < -0.3 is 5.32 Å². The molecule has 0 spiro atoms. The van der Waals surface area contributed by atoms with Gasteiger partial charge in [0.2, 0.25) is 0 Å². The van der Waals surface area contributed by atoms with Crippen molar-refractivity contribution in [2.75, 3.05) is 26.2 Å². The summed E-state index contributed by atoms with van der Waals surface area (Å²) in [6, 6.07) is 8.99. The van der Waals surface area contributed by atoms with Crippen LogP contribution in [0.15, 0.2) is 40.9 Å². The van der Waals surface area contributed by atoms with Crippen molar-refractivity contribution in [1.82, 2.24) is 10.2 Å². The van der Waals surface area contributed by atoms with Crippen LogP contribution in [0.5, 0.6) is 0 Å². The Kier molecular flexibility index (Phi) is 4.98. The first kappa shape index (κ1) is 13.8. The summed E-state index contributed by atoms with van der Waals surface area (Å²) in [6.07, 6.45) is 1.03. The Morgan fingerprint density at radius 2 is 2.06 bits per heavy atom. The molecule has 1 aliphatic heterocycles. The number of hydrogen-bond donors (Lipinski definition) is 1. The quantitative estimate of drug-likeness (QED) is 0.858. The van der Waals surface area contributed by atoms with E-state index in [-0.39, 0.29) is 0 Å². The molecule has 0 unspecified atom stereocenters. The Labute approximate surface area is 118 Å². The van der Waals surface area contributed by atoms with Gasteiger partial charge in [0.25, 0.3) is 0 Å². The van der Waals surface area contributed by atoms with Crippen molar-refractivity contribution < 1.29 is 0 Å². The summed E-state index contributed by atoms with van der Waals surface area (Å²) in [6.45, 7) is 10.6. The molecule has 0 bridgehead atoms. The number of halogens is 1. The third-order valence-electron chi connectivity index (χ3n) is 3.40. The van der Waals surface area contributed by atoms with Gasteiger partial charge in [-0.2, -0.15) is 0 Å². The number of rotatable bonds is 4. The second-order valence-electron chi connectivity index (χ2n) is 4.98. The molecule has 98 valence electrons. The molecule has 1 saturated heterocycles. The molecule has 2 nitrogen and oxygen atoms in total. The lowest BCUT2D eigenvalue weighted by molar-refractivity contribution is 0.172. The zero-order valence-corrected chi connectivity index (χ0v) is 12.5. The molecule has 0 aromatic heterocycles. The molecule has 2 rings (SSSR count). The number of benzene rings is 1. The number of piperazine rings is 1. The summed E-state index contributed by atoms with van der Waals surface area (Å²) >= 11 is 3.68. The summed E-state index contributed by atoms with van der Waals surface area (Å²) in [4.78, 5) is 2.56. The predicted molar refractivity (Wildman–Crippen MR) is 80.8 cm³/mol. The minimum Gasteiger partial charge on any atom is -0.314 e. The second-order valence-corrected chi connectivity index (χ2v) is 5.84. The Hall–Kier alpha value is -0.640. The smallest absolute Gasteiger partial charge is 0.0397 e. The van der Waals surface area contributed by atoms with E-state index in [2.05, 4.69) is 63.9 Å². The van der Waals surface area contributed by atoms with E-state index in [0.717, 1.165) is 32.6 Å². The fourth-order valence-electron chi connectivity index (χ4n) is 2.50. The molecule has 18 heavy (non-hydrogen) atoms. The third-order valence-corrected chi connectivity index (χ3v) is 4.12. The highest BCUT2D eigenvalue weighted by Gasteiger charge is 2.23. The molecule has 1 aromatic carbocycles. The van der Waals surface area contributed by atoms with Gasteiger partial charge in [-0.15, -0.1) is 6.58 Å². The summed E-state index contributed by atoms with van der Waals surface area (Å²) in [5, 5.41) is 3.41. The van der Waals surface area contributed by atoms with Crippen molar-refractivity contribution in [2.45, 2.75) is 19.4 Å². The normalized spacial score (nSPS) is 18.6. The maximum atomic E-state index is 4.09. The van der Waals surface area contributed by atoms with Gasteiger partial charge in [-0.25, -0.2) is 0 Å². The molecular formula is C15H21BrN2. The van der Waals surface area contributed by atoms with Gasteiger partial charge >= 0.3 is 0 Å². The fourth-order valence-corrected chi connectivity index (χ4v) is 3.05. The van der Waals surface area contributed by atoms with E-state index in [4.69, 9.17) is 0 Å². The topological polar surface area (TPSA) is 15.3 Å². The number of hydrogen-bond acceptors (Lipinski definition) is 2. The van der Waals surface area contributed by atoms with Gasteiger partial charge in [0.1, 0.15) is 0 Å². The summed E-state index contributed by atoms with van der Waals surface area (Å²) in [5.74, 6) is 0. The minimum atomic E-state index is 0.445. The molecular weight excluding hydrogens is 288 g/mol. The number of nitrogens with one attached hydrogen (secondary N) is 1. The van der Waals surface area contributed by atoms with Crippen LogP contribution in [0.1, 0.15) is 24.9 Å². The van der Waals surface area contributed by atoms with Crippen LogP contribution in [-0.4, -0.2) is 31.1 Å². The maximum absolute atomic E-state index is 4.09. The average molecular weight is 309 g/mol. The zero-order chi connectivity index (χ0) is 13.0. The van der Waals surface area contributed by atoms with Crippen molar-refractivity contribution in [1.29, 1.82) is 0 Å². The van der Waals surface area contributed by atoms with Gasteiger partial charge in [-0.3, -0.25) is 4.90 Å². The first-order valence-corrected chi connectivity index (χ1v) is 7.31. The maximum Gasteiger partial charge on any atom is 0.0397 e. The number of nitrogens with zero attached hydrogens (tertiary/aromatic N) is 1. The lowest BCUT2D eigenvalue weighted by Crippen LogP contribution is -2.45. The molecule has 0 saturated carbocycles. The van der Waals surface area contributed by atoms with E-state index in [1.54, 1.807) is 0 Å². The van der Waals surface area contributed by atoms with Gasteiger partial charge in [0.15, 0.2) is 0 Å². The van der Waals surface area contributed by atoms with Crippen molar-refractivity contribution >= 4 is 15.9 Å². The van der Waals surface area contributed by atoms with Crippen molar-refractivity contribution in [3.05, 3.63) is 46.5 Å². The van der Waals surface area contributed by atoms with Gasteiger partial charge in [-0.1, -0.05) is 39.7 Å². The summed E-state index contributed by atoms with van der Waals surface area (Å²) < 4.78 is 1.20. The van der Waals surface area contributed by atoms with E-state index in [1.807, 2.05) is 0 Å². The van der Waals surface area contributed by atoms with Crippen LogP contribution in [0.25, 0.3) is 0 Å². The van der Waals surface area contributed by atoms with Gasteiger partial charge in [0, 0.05) is 36.7 Å². The van der Waals surface area contributed by atoms with E-state index < -0.39 is 0 Å². The largest absolute Gasteiger partial charge is 0.314 e. The van der Waals surface area contributed by atoms with Crippen LogP contribution >= 0.6 is 15.9 Å². The molecule has 1 heterocycles. The van der Waals surface area contributed by atoms with E-state index in [9.17, 15) is 0 Å². The fraction of sp³-hybridized carbons (Fsp3) is 0.467. The van der Waals surface area contributed by atoms with Crippen LogP contribution in [-0.2, 0) is 0 Å². The molecule has 3 heteroatoms. The molecule has 1 fully saturated rings. The van der Waals surface area contributed by atoms with Crippen molar-refractivity contribution in [2.24, 2.45) is 0 Å². The summed E-state index contributed by atoms with van der Waals surface area (Å²) in [5.41, 5.74) is 2.62. The van der Waals surface area contributed by atoms with Crippen LogP contribution < -0.4 is 5.32 Å². The zero-order valence-electron chi connectivity index (χ0n) is 11.0. The molecule has 1 aromatic rings. The van der Waals surface area contributed by atoms with E-state index in [1.165, 1.54) is 15.6 Å². The Balaban J connectivity index is 2.24. The minimum absolute atomic E-state index is 0.445. The Bertz CT molecular complexity index is 411. The van der Waals surface area contributed by atoms with Crippen LogP contribution in [0.2, 0.25) is 0 Å². The SMILES string of the molecule is C=C(C)C[C@@H](c1ccccc1Br)N1CCNCC1. The highest BCUT2D eigenvalue weighted by Crippen LogP contribution is 2.32. The summed E-state index contributed by atoms with van der Waals surface area (Å²) in [7, 11) is 0. The standard InChI is InChI=1S/C15H21BrN2/c1-12(2)11-15(18-9-7-17-8-10-18)13-5-3-4-6-14(13)16/h3-6,15,17H,1,7-11H2,2H3/t15-/m0/s1. The molecule has 1 N–H and O–H groups in total. The highest BCUT2D eigenvalue weighted by atomic mass is 79.9. The Morgan fingerprint density at radius 1 is 1.39 bits per heavy atom. The van der Waals surface area contributed by atoms with Crippen molar-refractivity contribution in [3.8, 4) is 0 Å². The van der Waals surface area contributed by atoms with Crippen LogP contribution in [0.4, 0.5) is 0 Å². The lowest BCUT2D eigenvalue weighted by atomic mass is 9.98. The van der Waals surface area contributed by atoms with Crippen LogP contribution in [0, 0.1) is 0 Å². The van der Waals surface area contributed by atoms with E-state index >= 15 is 0 Å². The second kappa shape index (κ2) is 6.50. The molecule has 0 radical (unpaired) electrons. The first-order valence-electron chi connectivity index (χ1n) is 6.52. The first-order chi connectivity index (χ1) is 8.68. The predicted octanol–water partition coefficient (Wildman–Crippen LogP) is 3.36. The lowest BCUT2D eigenvalue weighted by Gasteiger charge is -2.36. The highest BCUT2D eigenvalue weighted by molar-refractivity contribution is 9.10. The average Bonchev–Trinajstić information content (AvgIpc) is 2.38. The molecule has 1 aliphatic rings. The van der Waals surface area contributed by atoms with Crippen LogP contribution in [0.3, 0.4) is 0 Å². The van der Waals surface area contributed by atoms with E-state index in [0.29, 0.717) is 6.04 Å². The molecule has 1 atom stereocenters.